The lowest BCUT2D eigenvalue weighted by atomic mass is 9.95. The molecule has 8 nitrogen and oxygen atoms in total. The van der Waals surface area contributed by atoms with Gasteiger partial charge in [0.2, 0.25) is 5.91 Å². The van der Waals surface area contributed by atoms with Gasteiger partial charge in [-0.1, -0.05) is 41.9 Å². The third-order valence-electron chi connectivity index (χ3n) is 4.98. The van der Waals surface area contributed by atoms with Crippen LogP contribution >= 0.6 is 11.6 Å². The molecule has 2 heterocycles. The van der Waals surface area contributed by atoms with Crippen LogP contribution < -0.4 is 15.4 Å². The van der Waals surface area contributed by atoms with Gasteiger partial charge in [0.25, 0.3) is 0 Å². The normalized spacial score (nSPS) is 17.7. The molecule has 0 saturated carbocycles. The molecule has 2 aromatic carbocycles. The average Bonchev–Trinajstić information content (AvgIpc) is 3.14. The number of anilines is 1. The number of hydrogen-bond acceptors (Lipinski definition) is 5. The van der Waals surface area contributed by atoms with Crippen LogP contribution in [-0.4, -0.2) is 42.6 Å². The second kappa shape index (κ2) is 8.69. The molecule has 31 heavy (non-hydrogen) atoms. The van der Waals surface area contributed by atoms with Crippen LogP contribution in [0.15, 0.2) is 59.8 Å². The van der Waals surface area contributed by atoms with E-state index in [1.165, 1.54) is 4.90 Å². The van der Waals surface area contributed by atoms with E-state index >= 15 is 0 Å². The van der Waals surface area contributed by atoms with E-state index in [1.807, 2.05) is 13.0 Å². The lowest BCUT2D eigenvalue weighted by molar-refractivity contribution is -0.136. The molecular weight excluding hydrogens is 422 g/mol. The van der Waals surface area contributed by atoms with Crippen molar-refractivity contribution in [3.8, 4) is 5.75 Å². The first-order chi connectivity index (χ1) is 15.0. The number of cyclic esters (lactones) is 1. The SMILES string of the molecule is CCOc1ccccc1[C@H]1NC(=O)N(CC(=O)Nc2ccccc2Cl)C2=C1C(=O)OC2. The summed E-state index contributed by atoms with van der Waals surface area (Å²) in [4.78, 5) is 39.2. The Balaban J connectivity index is 1.63. The number of esters is 1. The van der Waals surface area contributed by atoms with Crippen LogP contribution in [0.1, 0.15) is 18.5 Å². The van der Waals surface area contributed by atoms with Crippen molar-refractivity contribution in [1.82, 2.24) is 10.2 Å². The number of para-hydroxylation sites is 2. The molecule has 0 aliphatic carbocycles. The third-order valence-corrected chi connectivity index (χ3v) is 5.31. The smallest absolute Gasteiger partial charge is 0.338 e. The van der Waals surface area contributed by atoms with E-state index in [9.17, 15) is 14.4 Å². The largest absolute Gasteiger partial charge is 0.494 e. The predicted octanol–water partition coefficient (Wildman–Crippen LogP) is 3.25. The Bertz CT molecular complexity index is 1080. The van der Waals surface area contributed by atoms with Gasteiger partial charge in [-0.25, -0.2) is 9.59 Å². The van der Waals surface area contributed by atoms with E-state index in [0.717, 1.165) is 0 Å². The number of nitrogens with zero attached hydrogens (tertiary/aromatic N) is 1. The summed E-state index contributed by atoms with van der Waals surface area (Å²) < 4.78 is 10.9. The summed E-state index contributed by atoms with van der Waals surface area (Å²) >= 11 is 6.08. The second-order valence-corrected chi connectivity index (χ2v) is 7.31. The Morgan fingerprint density at radius 2 is 1.97 bits per heavy atom. The van der Waals surface area contributed by atoms with Crippen molar-refractivity contribution >= 4 is 35.2 Å². The Morgan fingerprint density at radius 3 is 2.74 bits per heavy atom. The first-order valence-corrected chi connectivity index (χ1v) is 10.1. The first kappa shape index (κ1) is 20.7. The number of nitrogens with one attached hydrogen (secondary N) is 2. The molecule has 2 aliphatic rings. The number of hydrogen-bond donors (Lipinski definition) is 2. The van der Waals surface area contributed by atoms with Crippen LogP contribution in [0.2, 0.25) is 5.02 Å². The molecule has 0 aromatic heterocycles. The molecule has 0 spiro atoms. The average molecular weight is 442 g/mol. The van der Waals surface area contributed by atoms with Crippen molar-refractivity contribution < 1.29 is 23.9 Å². The number of ether oxygens (including phenoxy) is 2. The lowest BCUT2D eigenvalue weighted by Crippen LogP contribution is -2.49. The van der Waals surface area contributed by atoms with E-state index in [-0.39, 0.29) is 18.7 Å². The third kappa shape index (κ3) is 4.06. The number of benzene rings is 2. The maximum absolute atomic E-state index is 12.9. The van der Waals surface area contributed by atoms with Crippen LogP contribution in [0.25, 0.3) is 0 Å². The summed E-state index contributed by atoms with van der Waals surface area (Å²) in [5.41, 5.74) is 1.73. The molecule has 0 fully saturated rings. The summed E-state index contributed by atoms with van der Waals surface area (Å²) in [5, 5.41) is 5.86. The molecule has 2 aromatic rings. The molecule has 2 N–H and O–H groups in total. The van der Waals surface area contributed by atoms with E-state index < -0.39 is 23.9 Å². The van der Waals surface area contributed by atoms with Gasteiger partial charge in [-0.05, 0) is 25.1 Å². The van der Waals surface area contributed by atoms with Crippen molar-refractivity contribution in [1.29, 1.82) is 0 Å². The minimum absolute atomic E-state index is 0.0890. The predicted molar refractivity (Wildman–Crippen MR) is 114 cm³/mol. The maximum Gasteiger partial charge on any atom is 0.338 e. The molecule has 1 atom stereocenters. The van der Waals surface area contributed by atoms with E-state index in [1.54, 1.807) is 42.5 Å². The number of amides is 3. The standard InChI is InChI=1S/C22H20ClN3O5/c1-2-30-17-10-6-3-7-13(17)20-19-16(12-31-21(19)28)26(22(29)25-20)11-18(27)24-15-9-5-4-8-14(15)23/h3-10,20H,2,11-12H2,1H3,(H,24,27)(H,25,29)/t20-/m1/s1. The van der Waals surface area contributed by atoms with Crippen LogP contribution in [0.5, 0.6) is 5.75 Å². The fourth-order valence-corrected chi connectivity index (χ4v) is 3.80. The van der Waals surface area contributed by atoms with Crippen LogP contribution in [0.4, 0.5) is 10.5 Å². The second-order valence-electron chi connectivity index (χ2n) is 6.90. The Kier molecular flexibility index (Phi) is 5.81. The van der Waals surface area contributed by atoms with Gasteiger partial charge >= 0.3 is 12.0 Å². The zero-order chi connectivity index (χ0) is 22.0. The van der Waals surface area contributed by atoms with Gasteiger partial charge in [-0.2, -0.15) is 0 Å². The fourth-order valence-electron chi connectivity index (χ4n) is 3.61. The minimum Gasteiger partial charge on any atom is -0.494 e. The Labute approximate surface area is 183 Å². The topological polar surface area (TPSA) is 97.0 Å². The highest BCUT2D eigenvalue weighted by Crippen LogP contribution is 2.38. The highest BCUT2D eigenvalue weighted by atomic mass is 35.5. The monoisotopic (exact) mass is 441 g/mol. The summed E-state index contributed by atoms with van der Waals surface area (Å²) in [6.07, 6.45) is 0. The van der Waals surface area contributed by atoms with Gasteiger partial charge in [0.05, 0.1) is 34.6 Å². The zero-order valence-electron chi connectivity index (χ0n) is 16.7. The van der Waals surface area contributed by atoms with Crippen LogP contribution in [0, 0.1) is 0 Å². The summed E-state index contributed by atoms with van der Waals surface area (Å²) in [6.45, 7) is 1.90. The van der Waals surface area contributed by atoms with E-state index in [2.05, 4.69) is 10.6 Å². The highest BCUT2D eigenvalue weighted by molar-refractivity contribution is 6.33. The van der Waals surface area contributed by atoms with Crippen molar-refractivity contribution in [2.24, 2.45) is 0 Å². The Hall–Kier alpha value is -3.52. The Morgan fingerprint density at radius 1 is 1.23 bits per heavy atom. The summed E-state index contributed by atoms with van der Waals surface area (Å²) in [5.74, 6) is -0.433. The van der Waals surface area contributed by atoms with Gasteiger partial charge < -0.3 is 20.1 Å². The van der Waals surface area contributed by atoms with Gasteiger partial charge in [-0.3, -0.25) is 9.69 Å². The lowest BCUT2D eigenvalue weighted by Gasteiger charge is -2.33. The van der Waals surface area contributed by atoms with Gasteiger partial charge in [0.15, 0.2) is 0 Å². The molecule has 2 aliphatic heterocycles. The van der Waals surface area contributed by atoms with Crippen molar-refractivity contribution in [2.45, 2.75) is 13.0 Å². The number of carbonyl (C=O) groups excluding carboxylic acids is 3. The van der Waals surface area contributed by atoms with Crippen molar-refractivity contribution in [3.63, 3.8) is 0 Å². The van der Waals surface area contributed by atoms with Gasteiger partial charge in [-0.15, -0.1) is 0 Å². The summed E-state index contributed by atoms with van der Waals surface area (Å²) in [6, 6.07) is 12.7. The molecule has 3 amide bonds. The molecule has 160 valence electrons. The minimum atomic E-state index is -0.733. The molecule has 0 radical (unpaired) electrons. The van der Waals surface area contributed by atoms with Gasteiger partial charge in [0.1, 0.15) is 18.9 Å². The number of urea groups is 1. The first-order valence-electron chi connectivity index (χ1n) is 9.74. The van der Waals surface area contributed by atoms with Crippen molar-refractivity contribution in [2.75, 3.05) is 25.1 Å². The molecule has 0 saturated heterocycles. The highest BCUT2D eigenvalue weighted by Gasteiger charge is 2.43. The molecule has 0 unspecified atom stereocenters. The van der Waals surface area contributed by atoms with Crippen LogP contribution in [0.3, 0.4) is 0 Å². The van der Waals surface area contributed by atoms with E-state index in [0.29, 0.717) is 34.3 Å². The van der Waals surface area contributed by atoms with Crippen LogP contribution in [-0.2, 0) is 14.3 Å². The number of rotatable bonds is 6. The fraction of sp³-hybridized carbons (Fsp3) is 0.227. The number of carbonyl (C=O) groups is 3. The molecule has 4 rings (SSSR count). The summed E-state index contributed by atoms with van der Waals surface area (Å²) in [7, 11) is 0. The zero-order valence-corrected chi connectivity index (χ0v) is 17.4. The van der Waals surface area contributed by atoms with E-state index in [4.69, 9.17) is 21.1 Å². The van der Waals surface area contributed by atoms with Gasteiger partial charge in [0, 0.05) is 5.56 Å². The number of halogens is 1. The molecule has 9 heteroatoms. The molecular formula is C22H20ClN3O5. The molecule has 0 bridgehead atoms. The van der Waals surface area contributed by atoms with Crippen molar-refractivity contribution in [3.05, 3.63) is 70.4 Å². The quantitative estimate of drug-likeness (QED) is 0.671. The maximum atomic E-state index is 12.9.